The van der Waals surface area contributed by atoms with Crippen molar-refractivity contribution in [3.63, 3.8) is 0 Å². The van der Waals surface area contributed by atoms with E-state index in [1.165, 1.54) is 18.5 Å². The fourth-order valence-electron chi connectivity index (χ4n) is 2.58. The summed E-state index contributed by atoms with van der Waals surface area (Å²) in [6, 6.07) is 2.33. The second-order valence-corrected chi connectivity index (χ2v) is 7.34. The minimum Gasteiger partial charge on any atom is -0.351 e. The van der Waals surface area contributed by atoms with E-state index in [1.54, 1.807) is 0 Å². The Kier molecular flexibility index (Phi) is 2.57. The van der Waals surface area contributed by atoms with Gasteiger partial charge in [0.1, 0.15) is 0 Å². The van der Waals surface area contributed by atoms with Gasteiger partial charge in [0.25, 0.3) is 0 Å². The van der Waals surface area contributed by atoms with Gasteiger partial charge in [0.15, 0.2) is 0 Å². The highest BCUT2D eigenvalue weighted by atomic mass is 16.2. The number of hydrogen-bond donors (Lipinski definition) is 1. The molecule has 2 saturated carbocycles. The van der Waals surface area contributed by atoms with Gasteiger partial charge in [0.05, 0.1) is 17.2 Å². The van der Waals surface area contributed by atoms with Crippen molar-refractivity contribution in [1.29, 1.82) is 0 Å². The van der Waals surface area contributed by atoms with E-state index in [-0.39, 0.29) is 22.9 Å². The van der Waals surface area contributed by atoms with E-state index in [1.807, 2.05) is 38.6 Å². The van der Waals surface area contributed by atoms with Crippen LogP contribution in [0.2, 0.25) is 0 Å². The van der Waals surface area contributed by atoms with Crippen LogP contribution in [0.1, 0.15) is 64.6 Å². The highest BCUT2D eigenvalue weighted by Gasteiger charge is 2.58. The molecule has 4 heteroatoms. The molecule has 4 nitrogen and oxygen atoms in total. The minimum atomic E-state index is -0.292. The van der Waals surface area contributed by atoms with E-state index in [0.717, 1.165) is 6.42 Å². The number of hydrogen-bond acceptors (Lipinski definition) is 2. The molecule has 0 aliphatic heterocycles. The summed E-state index contributed by atoms with van der Waals surface area (Å²) in [7, 11) is 0. The lowest BCUT2D eigenvalue weighted by molar-refractivity contribution is -0.127. The largest absolute Gasteiger partial charge is 0.351 e. The molecule has 2 atom stereocenters. The highest BCUT2D eigenvalue weighted by molar-refractivity contribution is 5.86. The van der Waals surface area contributed by atoms with Crippen LogP contribution in [0.5, 0.6) is 0 Å². The Morgan fingerprint density at radius 3 is 2.74 bits per heavy atom. The van der Waals surface area contributed by atoms with Crippen molar-refractivity contribution >= 4 is 5.91 Å². The molecule has 1 N–H and O–H groups in total. The lowest BCUT2D eigenvalue weighted by atomic mass is 10.0. The number of rotatable bonds is 3. The molecule has 2 unspecified atom stereocenters. The molecule has 2 aliphatic carbocycles. The Labute approximate surface area is 114 Å². The number of nitrogens with one attached hydrogen (secondary N) is 1. The van der Waals surface area contributed by atoms with Gasteiger partial charge in [-0.3, -0.25) is 9.48 Å². The lowest BCUT2D eigenvalue weighted by Crippen LogP contribution is -2.44. The first-order valence-corrected chi connectivity index (χ1v) is 7.17. The zero-order valence-electron chi connectivity index (χ0n) is 12.2. The van der Waals surface area contributed by atoms with E-state index < -0.39 is 0 Å². The van der Waals surface area contributed by atoms with E-state index in [2.05, 4.69) is 16.5 Å². The van der Waals surface area contributed by atoms with Crippen molar-refractivity contribution in [1.82, 2.24) is 15.1 Å². The monoisotopic (exact) mass is 261 g/mol. The Hall–Kier alpha value is -1.32. The second-order valence-electron chi connectivity index (χ2n) is 7.34. The Bertz CT molecular complexity index is 510. The van der Waals surface area contributed by atoms with Gasteiger partial charge in [0, 0.05) is 17.7 Å². The summed E-state index contributed by atoms with van der Waals surface area (Å²) in [4.78, 5) is 12.3. The number of nitrogens with zero attached hydrogens (tertiary/aromatic N) is 2. The molecule has 104 valence electrons. The summed E-state index contributed by atoms with van der Waals surface area (Å²) in [6.07, 6.45) is 5.46. The second kappa shape index (κ2) is 3.84. The summed E-state index contributed by atoms with van der Waals surface area (Å²) in [5.41, 5.74) is 0.738. The molecule has 1 amide bonds. The SMILES string of the molecule is CC(C)(C)NC(=O)C1(C)CC1n1ccc(C2CC2)n1. The zero-order chi connectivity index (χ0) is 13.8. The van der Waals surface area contributed by atoms with Gasteiger partial charge >= 0.3 is 0 Å². The maximum atomic E-state index is 12.3. The van der Waals surface area contributed by atoms with Gasteiger partial charge in [-0.15, -0.1) is 0 Å². The van der Waals surface area contributed by atoms with Crippen molar-refractivity contribution in [2.24, 2.45) is 5.41 Å². The average Bonchev–Trinajstić information content (AvgIpc) is 3.18. The van der Waals surface area contributed by atoms with Crippen molar-refractivity contribution in [3.05, 3.63) is 18.0 Å². The topological polar surface area (TPSA) is 46.9 Å². The minimum absolute atomic E-state index is 0.147. The third kappa shape index (κ3) is 2.40. The van der Waals surface area contributed by atoms with E-state index in [0.29, 0.717) is 5.92 Å². The number of carbonyl (C=O) groups is 1. The zero-order valence-corrected chi connectivity index (χ0v) is 12.2. The quantitative estimate of drug-likeness (QED) is 0.909. The molecule has 0 aromatic carbocycles. The van der Waals surface area contributed by atoms with Crippen LogP contribution in [0.15, 0.2) is 12.3 Å². The summed E-state index contributed by atoms with van der Waals surface area (Å²) >= 11 is 0. The first kappa shape index (κ1) is 12.7. The van der Waals surface area contributed by atoms with Crippen molar-refractivity contribution in [2.75, 3.05) is 0 Å². The van der Waals surface area contributed by atoms with Gasteiger partial charge < -0.3 is 5.32 Å². The van der Waals surface area contributed by atoms with E-state index in [4.69, 9.17) is 0 Å². The van der Waals surface area contributed by atoms with Gasteiger partial charge in [-0.05, 0) is 53.0 Å². The van der Waals surface area contributed by atoms with Crippen LogP contribution in [0.3, 0.4) is 0 Å². The Morgan fingerprint density at radius 1 is 1.47 bits per heavy atom. The number of aromatic nitrogens is 2. The first-order valence-electron chi connectivity index (χ1n) is 7.17. The summed E-state index contributed by atoms with van der Waals surface area (Å²) in [5.74, 6) is 0.822. The first-order chi connectivity index (χ1) is 8.79. The smallest absolute Gasteiger partial charge is 0.228 e. The number of carbonyl (C=O) groups excluding carboxylic acids is 1. The Balaban J connectivity index is 1.69. The summed E-state index contributed by atoms with van der Waals surface area (Å²) in [5, 5.41) is 7.73. The predicted octanol–water partition coefficient (Wildman–Crippen LogP) is 2.63. The summed E-state index contributed by atoms with van der Waals surface area (Å²) in [6.45, 7) is 8.09. The predicted molar refractivity (Wildman–Crippen MR) is 73.9 cm³/mol. The van der Waals surface area contributed by atoms with Crippen LogP contribution in [0, 0.1) is 5.41 Å². The third-order valence-electron chi connectivity index (χ3n) is 4.14. The van der Waals surface area contributed by atoms with E-state index >= 15 is 0 Å². The van der Waals surface area contributed by atoms with Crippen molar-refractivity contribution < 1.29 is 4.79 Å². The van der Waals surface area contributed by atoms with Crippen LogP contribution in [0.4, 0.5) is 0 Å². The highest BCUT2D eigenvalue weighted by Crippen LogP contribution is 2.56. The normalized spacial score (nSPS) is 30.2. The van der Waals surface area contributed by atoms with Gasteiger partial charge in [-0.2, -0.15) is 5.10 Å². The van der Waals surface area contributed by atoms with Gasteiger partial charge in [0.2, 0.25) is 5.91 Å². The van der Waals surface area contributed by atoms with Crippen LogP contribution in [0.25, 0.3) is 0 Å². The molecule has 3 rings (SSSR count). The standard InChI is InChI=1S/C15H23N3O/c1-14(2,3)16-13(19)15(4)9-12(15)18-8-7-11(17-18)10-5-6-10/h7-8,10,12H,5-6,9H2,1-4H3,(H,16,19). The molecule has 0 bridgehead atoms. The van der Waals surface area contributed by atoms with Crippen molar-refractivity contribution in [2.45, 2.75) is 64.5 Å². The molecule has 1 aromatic rings. The fraction of sp³-hybridized carbons (Fsp3) is 0.733. The molecule has 19 heavy (non-hydrogen) atoms. The third-order valence-corrected chi connectivity index (χ3v) is 4.14. The Morgan fingerprint density at radius 2 is 2.16 bits per heavy atom. The fourth-order valence-corrected chi connectivity index (χ4v) is 2.58. The van der Waals surface area contributed by atoms with Crippen molar-refractivity contribution in [3.8, 4) is 0 Å². The molecular formula is C15H23N3O. The van der Waals surface area contributed by atoms with Crippen LogP contribution < -0.4 is 5.32 Å². The number of amides is 1. The summed E-state index contributed by atoms with van der Waals surface area (Å²) < 4.78 is 2.00. The average molecular weight is 261 g/mol. The molecular weight excluding hydrogens is 238 g/mol. The van der Waals surface area contributed by atoms with Crippen LogP contribution in [-0.2, 0) is 4.79 Å². The van der Waals surface area contributed by atoms with E-state index in [9.17, 15) is 4.79 Å². The van der Waals surface area contributed by atoms with Gasteiger partial charge in [-0.25, -0.2) is 0 Å². The van der Waals surface area contributed by atoms with Crippen LogP contribution >= 0.6 is 0 Å². The molecule has 2 aliphatic rings. The van der Waals surface area contributed by atoms with Gasteiger partial charge in [-0.1, -0.05) is 0 Å². The molecule has 0 saturated heterocycles. The molecule has 0 spiro atoms. The van der Waals surface area contributed by atoms with Crippen LogP contribution in [-0.4, -0.2) is 21.2 Å². The molecule has 1 aromatic heterocycles. The maximum Gasteiger partial charge on any atom is 0.228 e. The lowest BCUT2D eigenvalue weighted by Gasteiger charge is -2.23. The molecule has 2 fully saturated rings. The molecule has 1 heterocycles. The maximum absolute atomic E-state index is 12.3. The molecule has 0 radical (unpaired) electrons.